The van der Waals surface area contributed by atoms with E-state index in [1.54, 1.807) is 6.07 Å². The van der Waals surface area contributed by atoms with Crippen LogP contribution in [0.4, 0.5) is 0 Å². The number of nitrogens with one attached hydrogen (secondary N) is 1. The van der Waals surface area contributed by atoms with E-state index >= 15 is 0 Å². The molecule has 1 rings (SSSR count). The summed E-state index contributed by atoms with van der Waals surface area (Å²) in [6.07, 6.45) is 0.848. The fraction of sp³-hybridized carbons (Fsp3) is 0.562. The predicted octanol–water partition coefficient (Wildman–Crippen LogP) is 2.69. The van der Waals surface area contributed by atoms with Crippen molar-refractivity contribution in [1.29, 1.82) is 0 Å². The van der Waals surface area contributed by atoms with Crippen LogP contribution in [-0.4, -0.2) is 35.0 Å². The first-order valence-electron chi connectivity index (χ1n) is 7.30. The van der Waals surface area contributed by atoms with E-state index in [1.165, 1.54) is 0 Å². The van der Waals surface area contributed by atoms with E-state index in [2.05, 4.69) is 17.1 Å². The zero-order valence-electron chi connectivity index (χ0n) is 12.9. The Balaban J connectivity index is 2.85. The van der Waals surface area contributed by atoms with Crippen molar-refractivity contribution >= 4 is 5.91 Å². The average molecular weight is 278 g/mol. The SMILES string of the molecule is CCC(c1ccccc1O)N(CC)CC(=O)NC(C)C. The van der Waals surface area contributed by atoms with E-state index in [4.69, 9.17) is 0 Å². The number of aromatic hydroxyl groups is 1. The molecule has 2 N–H and O–H groups in total. The van der Waals surface area contributed by atoms with Gasteiger partial charge in [-0.3, -0.25) is 9.69 Å². The molecule has 20 heavy (non-hydrogen) atoms. The molecule has 4 nitrogen and oxygen atoms in total. The van der Waals surface area contributed by atoms with E-state index in [9.17, 15) is 9.90 Å². The van der Waals surface area contributed by atoms with Crippen molar-refractivity contribution in [1.82, 2.24) is 10.2 Å². The van der Waals surface area contributed by atoms with E-state index in [0.29, 0.717) is 12.3 Å². The molecule has 0 aliphatic heterocycles. The van der Waals surface area contributed by atoms with Gasteiger partial charge in [-0.1, -0.05) is 32.0 Å². The van der Waals surface area contributed by atoms with Crippen molar-refractivity contribution in [2.24, 2.45) is 0 Å². The van der Waals surface area contributed by atoms with Crippen LogP contribution in [0.1, 0.15) is 45.7 Å². The second kappa shape index (κ2) is 7.90. The van der Waals surface area contributed by atoms with Gasteiger partial charge in [0.15, 0.2) is 0 Å². The molecule has 0 spiro atoms. The van der Waals surface area contributed by atoms with Crippen molar-refractivity contribution < 1.29 is 9.90 Å². The minimum Gasteiger partial charge on any atom is -0.508 e. The Hall–Kier alpha value is -1.55. The molecule has 0 saturated heterocycles. The maximum Gasteiger partial charge on any atom is 0.234 e. The number of carbonyl (C=O) groups excluding carboxylic acids is 1. The van der Waals surface area contributed by atoms with Gasteiger partial charge < -0.3 is 10.4 Å². The number of rotatable bonds is 7. The molecular weight excluding hydrogens is 252 g/mol. The molecule has 0 aromatic heterocycles. The zero-order valence-corrected chi connectivity index (χ0v) is 12.9. The Morgan fingerprint density at radius 2 is 1.95 bits per heavy atom. The van der Waals surface area contributed by atoms with Crippen LogP contribution >= 0.6 is 0 Å². The topological polar surface area (TPSA) is 52.6 Å². The smallest absolute Gasteiger partial charge is 0.234 e. The number of para-hydroxylation sites is 1. The van der Waals surface area contributed by atoms with Crippen LogP contribution in [-0.2, 0) is 4.79 Å². The minimum atomic E-state index is 0.0238. The van der Waals surface area contributed by atoms with Crippen molar-refractivity contribution in [3.8, 4) is 5.75 Å². The Labute approximate surface area is 121 Å². The lowest BCUT2D eigenvalue weighted by molar-refractivity contribution is -0.123. The van der Waals surface area contributed by atoms with Crippen molar-refractivity contribution in [3.05, 3.63) is 29.8 Å². The summed E-state index contributed by atoms with van der Waals surface area (Å²) in [5.74, 6) is 0.317. The molecule has 0 saturated carbocycles. The quantitative estimate of drug-likeness (QED) is 0.806. The number of benzene rings is 1. The highest BCUT2D eigenvalue weighted by atomic mass is 16.3. The van der Waals surface area contributed by atoms with E-state index in [1.807, 2.05) is 39.0 Å². The molecule has 1 atom stereocenters. The van der Waals surface area contributed by atoms with Gasteiger partial charge in [-0.15, -0.1) is 0 Å². The van der Waals surface area contributed by atoms with Crippen molar-refractivity contribution in [3.63, 3.8) is 0 Å². The highest BCUT2D eigenvalue weighted by molar-refractivity contribution is 5.78. The summed E-state index contributed by atoms with van der Waals surface area (Å²) in [4.78, 5) is 14.0. The highest BCUT2D eigenvalue weighted by Gasteiger charge is 2.22. The van der Waals surface area contributed by atoms with E-state index in [-0.39, 0.29) is 18.0 Å². The molecular formula is C16H26N2O2. The molecule has 0 aliphatic carbocycles. The molecule has 0 aliphatic rings. The van der Waals surface area contributed by atoms with Crippen molar-refractivity contribution in [2.45, 2.75) is 46.2 Å². The van der Waals surface area contributed by atoms with Crippen LogP contribution in [0.25, 0.3) is 0 Å². The molecule has 4 heteroatoms. The van der Waals surface area contributed by atoms with Gasteiger partial charge in [-0.25, -0.2) is 0 Å². The molecule has 1 aromatic rings. The maximum absolute atomic E-state index is 11.9. The number of amides is 1. The lowest BCUT2D eigenvalue weighted by Crippen LogP contribution is -2.41. The first-order valence-corrected chi connectivity index (χ1v) is 7.30. The van der Waals surface area contributed by atoms with Gasteiger partial charge in [-0.2, -0.15) is 0 Å². The van der Waals surface area contributed by atoms with Gasteiger partial charge in [0.2, 0.25) is 5.91 Å². The molecule has 1 aromatic carbocycles. The van der Waals surface area contributed by atoms with E-state index in [0.717, 1.165) is 18.5 Å². The molecule has 0 bridgehead atoms. The van der Waals surface area contributed by atoms with Crippen LogP contribution in [0.15, 0.2) is 24.3 Å². The number of carbonyl (C=O) groups is 1. The summed E-state index contributed by atoms with van der Waals surface area (Å²) in [6, 6.07) is 7.55. The number of phenolic OH excluding ortho intramolecular Hbond substituents is 1. The number of phenols is 1. The highest BCUT2D eigenvalue weighted by Crippen LogP contribution is 2.30. The molecule has 0 fully saturated rings. The van der Waals surface area contributed by atoms with Crippen LogP contribution in [0.5, 0.6) is 5.75 Å². The van der Waals surface area contributed by atoms with E-state index < -0.39 is 0 Å². The lowest BCUT2D eigenvalue weighted by Gasteiger charge is -2.30. The van der Waals surface area contributed by atoms with Gasteiger partial charge in [-0.05, 0) is 32.9 Å². The first kappa shape index (κ1) is 16.5. The Kier molecular flexibility index (Phi) is 6.52. The normalized spacial score (nSPS) is 12.7. The fourth-order valence-corrected chi connectivity index (χ4v) is 2.44. The third kappa shape index (κ3) is 4.53. The summed E-state index contributed by atoms with van der Waals surface area (Å²) < 4.78 is 0. The monoisotopic (exact) mass is 278 g/mol. The van der Waals surface area contributed by atoms with Gasteiger partial charge >= 0.3 is 0 Å². The van der Waals surface area contributed by atoms with Crippen LogP contribution in [0, 0.1) is 0 Å². The molecule has 1 amide bonds. The van der Waals surface area contributed by atoms with Crippen LogP contribution in [0.2, 0.25) is 0 Å². The van der Waals surface area contributed by atoms with Gasteiger partial charge in [0, 0.05) is 17.6 Å². The van der Waals surface area contributed by atoms with Crippen LogP contribution in [0.3, 0.4) is 0 Å². The molecule has 1 unspecified atom stereocenters. The Bertz CT molecular complexity index is 432. The summed E-state index contributed by atoms with van der Waals surface area (Å²) in [6.45, 7) is 9.12. The number of nitrogens with zero attached hydrogens (tertiary/aromatic N) is 1. The molecule has 112 valence electrons. The van der Waals surface area contributed by atoms with Crippen LogP contribution < -0.4 is 5.32 Å². The largest absolute Gasteiger partial charge is 0.508 e. The Morgan fingerprint density at radius 1 is 1.30 bits per heavy atom. The standard InChI is InChI=1S/C16H26N2O2/c1-5-14(13-9-7-8-10-15(13)19)18(6-2)11-16(20)17-12(3)4/h7-10,12,14,19H,5-6,11H2,1-4H3,(H,17,20). The van der Waals surface area contributed by atoms with Gasteiger partial charge in [0.1, 0.15) is 5.75 Å². The molecule has 0 radical (unpaired) electrons. The van der Waals surface area contributed by atoms with Crippen molar-refractivity contribution in [2.75, 3.05) is 13.1 Å². The maximum atomic E-state index is 11.9. The minimum absolute atomic E-state index is 0.0238. The lowest BCUT2D eigenvalue weighted by atomic mass is 10.0. The third-order valence-corrected chi connectivity index (χ3v) is 3.33. The third-order valence-electron chi connectivity index (χ3n) is 3.33. The van der Waals surface area contributed by atoms with Gasteiger partial charge in [0.25, 0.3) is 0 Å². The number of likely N-dealkylation sites (N-methyl/N-ethyl adjacent to an activating group) is 1. The number of hydrogen-bond donors (Lipinski definition) is 2. The first-order chi connectivity index (χ1) is 9.49. The zero-order chi connectivity index (χ0) is 15.1. The summed E-state index contributed by atoms with van der Waals surface area (Å²) in [5.41, 5.74) is 0.884. The Morgan fingerprint density at radius 3 is 2.45 bits per heavy atom. The second-order valence-electron chi connectivity index (χ2n) is 5.27. The molecule has 0 heterocycles. The average Bonchev–Trinajstić information content (AvgIpc) is 2.39. The summed E-state index contributed by atoms with van der Waals surface area (Å²) in [7, 11) is 0. The predicted molar refractivity (Wildman–Crippen MR) is 81.7 cm³/mol. The second-order valence-corrected chi connectivity index (χ2v) is 5.27. The fourth-order valence-electron chi connectivity index (χ4n) is 2.44. The van der Waals surface area contributed by atoms with Gasteiger partial charge in [0.05, 0.1) is 6.54 Å². The number of hydrogen-bond acceptors (Lipinski definition) is 3. The summed E-state index contributed by atoms with van der Waals surface area (Å²) >= 11 is 0. The summed E-state index contributed by atoms with van der Waals surface area (Å²) in [5, 5.41) is 12.9.